The van der Waals surface area contributed by atoms with Crippen molar-refractivity contribution in [3.8, 4) is 5.75 Å². The fourth-order valence-corrected chi connectivity index (χ4v) is 3.46. The third-order valence-electron chi connectivity index (χ3n) is 4.88. The van der Waals surface area contributed by atoms with Crippen LogP contribution in [0, 0.1) is 0 Å². The number of ether oxygens (including phenoxy) is 1. The molecule has 1 N–H and O–H groups in total. The highest BCUT2D eigenvalue weighted by Crippen LogP contribution is 2.30. The zero-order valence-corrected chi connectivity index (χ0v) is 15.8. The number of fused-ring (bicyclic) bond motifs is 1. The van der Waals surface area contributed by atoms with E-state index in [0.717, 1.165) is 5.56 Å². The summed E-state index contributed by atoms with van der Waals surface area (Å²) in [6.07, 6.45) is 1.33. The lowest BCUT2D eigenvalue weighted by Gasteiger charge is -2.34. The second-order valence-electron chi connectivity index (χ2n) is 6.81. The Morgan fingerprint density at radius 3 is 2.68 bits per heavy atom. The Morgan fingerprint density at radius 1 is 1.14 bits per heavy atom. The monoisotopic (exact) mass is 381 g/mol. The van der Waals surface area contributed by atoms with Crippen LogP contribution in [0.5, 0.6) is 5.75 Å². The van der Waals surface area contributed by atoms with Crippen LogP contribution < -0.4 is 4.74 Å². The van der Waals surface area contributed by atoms with Crippen molar-refractivity contribution in [3.05, 3.63) is 65.2 Å². The second-order valence-corrected chi connectivity index (χ2v) is 6.81. The lowest BCUT2D eigenvalue weighted by atomic mass is 9.92. The highest BCUT2D eigenvalue weighted by molar-refractivity contribution is 5.94. The molecule has 0 radical (unpaired) electrons. The Hall–Kier alpha value is -3.15. The number of amides is 1. The van der Waals surface area contributed by atoms with E-state index < -0.39 is 12.0 Å². The number of rotatable bonds is 7. The minimum atomic E-state index is -1.02. The molecule has 28 heavy (non-hydrogen) atoms. The Kier molecular flexibility index (Phi) is 6.09. The lowest BCUT2D eigenvalue weighted by molar-refractivity contribution is -0.151. The predicted octanol–water partition coefficient (Wildman–Crippen LogP) is 3.26. The summed E-state index contributed by atoms with van der Waals surface area (Å²) in [4.78, 5) is 37.3. The summed E-state index contributed by atoms with van der Waals surface area (Å²) >= 11 is 0. The molecule has 0 bridgehead atoms. The normalized spacial score (nSPS) is 15.6. The summed E-state index contributed by atoms with van der Waals surface area (Å²) in [7, 11) is 0. The predicted molar refractivity (Wildman–Crippen MR) is 103 cm³/mol. The molecule has 1 unspecified atom stereocenters. The van der Waals surface area contributed by atoms with Crippen LogP contribution in [0.3, 0.4) is 0 Å². The first-order valence-electron chi connectivity index (χ1n) is 9.31. The number of carboxylic acid groups (broad SMARTS) is 1. The van der Waals surface area contributed by atoms with E-state index in [1.54, 1.807) is 36.4 Å². The maximum atomic E-state index is 12.6. The fraction of sp³-hybridized carbons (Fsp3) is 0.318. The summed E-state index contributed by atoms with van der Waals surface area (Å²) in [6, 6.07) is 13.3. The maximum Gasteiger partial charge on any atom is 0.331 e. The molecule has 0 saturated carbocycles. The van der Waals surface area contributed by atoms with Gasteiger partial charge >= 0.3 is 5.97 Å². The van der Waals surface area contributed by atoms with E-state index in [-0.39, 0.29) is 18.1 Å². The molecule has 146 valence electrons. The molecule has 1 aliphatic rings. The number of carbonyl (C=O) groups excluding carboxylic acids is 2. The van der Waals surface area contributed by atoms with Gasteiger partial charge in [-0.25, -0.2) is 4.79 Å². The summed E-state index contributed by atoms with van der Waals surface area (Å²) in [5.74, 6) is -0.665. The van der Waals surface area contributed by atoms with Gasteiger partial charge in [0.05, 0.1) is 6.61 Å². The third kappa shape index (κ3) is 4.39. The van der Waals surface area contributed by atoms with Gasteiger partial charge in [0.15, 0.2) is 11.8 Å². The number of carboxylic acids is 1. The summed E-state index contributed by atoms with van der Waals surface area (Å²) in [6.45, 7) is 2.21. The van der Waals surface area contributed by atoms with Crippen molar-refractivity contribution in [3.63, 3.8) is 0 Å². The first kappa shape index (κ1) is 19.6. The lowest BCUT2D eigenvalue weighted by Crippen LogP contribution is -2.43. The molecular weight excluding hydrogens is 358 g/mol. The van der Waals surface area contributed by atoms with Crippen LogP contribution in [-0.2, 0) is 16.0 Å². The van der Waals surface area contributed by atoms with E-state index in [9.17, 15) is 19.5 Å². The average Bonchev–Trinajstić information content (AvgIpc) is 2.70. The Balaban J connectivity index is 1.57. The van der Waals surface area contributed by atoms with Gasteiger partial charge in [-0.2, -0.15) is 0 Å². The zero-order chi connectivity index (χ0) is 20.1. The molecule has 1 atom stereocenters. The second kappa shape index (κ2) is 8.69. The molecular formula is C22H23NO5. The SMILES string of the molecule is CC(=O)c1cccc(OCCCC(=O)N2CCc3ccccc3C2C(=O)O)c1. The number of hydrogen-bond acceptors (Lipinski definition) is 4. The van der Waals surface area contributed by atoms with Gasteiger partial charge in [-0.1, -0.05) is 36.4 Å². The number of ketones is 1. The number of carbonyl (C=O) groups is 3. The van der Waals surface area contributed by atoms with Gasteiger partial charge in [-0.15, -0.1) is 0 Å². The van der Waals surface area contributed by atoms with E-state index in [1.165, 1.54) is 11.8 Å². The summed E-state index contributed by atoms with van der Waals surface area (Å²) in [5.41, 5.74) is 2.24. The smallest absolute Gasteiger partial charge is 0.331 e. The van der Waals surface area contributed by atoms with Gasteiger partial charge in [-0.05, 0) is 43.0 Å². The van der Waals surface area contributed by atoms with Crippen LogP contribution in [0.15, 0.2) is 48.5 Å². The average molecular weight is 381 g/mol. The van der Waals surface area contributed by atoms with Crippen molar-refractivity contribution in [2.75, 3.05) is 13.2 Å². The molecule has 2 aromatic carbocycles. The molecule has 0 saturated heterocycles. The van der Waals surface area contributed by atoms with Crippen molar-refractivity contribution in [2.45, 2.75) is 32.2 Å². The molecule has 0 spiro atoms. The van der Waals surface area contributed by atoms with Crippen molar-refractivity contribution in [1.82, 2.24) is 4.90 Å². The van der Waals surface area contributed by atoms with Crippen LogP contribution in [0.1, 0.15) is 47.3 Å². The van der Waals surface area contributed by atoms with Crippen molar-refractivity contribution in [1.29, 1.82) is 0 Å². The van der Waals surface area contributed by atoms with Crippen LogP contribution in [0.25, 0.3) is 0 Å². The van der Waals surface area contributed by atoms with Crippen LogP contribution in [0.4, 0.5) is 0 Å². The molecule has 3 rings (SSSR count). The molecule has 1 aliphatic heterocycles. The number of benzene rings is 2. The van der Waals surface area contributed by atoms with Crippen molar-refractivity contribution in [2.24, 2.45) is 0 Å². The molecule has 6 nitrogen and oxygen atoms in total. The minimum absolute atomic E-state index is 0.0364. The number of hydrogen-bond donors (Lipinski definition) is 1. The van der Waals surface area contributed by atoms with E-state index in [2.05, 4.69) is 0 Å². The number of aliphatic carboxylic acids is 1. The fourth-order valence-electron chi connectivity index (χ4n) is 3.46. The topological polar surface area (TPSA) is 83.9 Å². The van der Waals surface area contributed by atoms with Crippen LogP contribution >= 0.6 is 0 Å². The Morgan fingerprint density at radius 2 is 1.93 bits per heavy atom. The quantitative estimate of drug-likeness (QED) is 0.588. The molecule has 2 aromatic rings. The highest BCUT2D eigenvalue weighted by Gasteiger charge is 2.35. The summed E-state index contributed by atoms with van der Waals surface area (Å²) < 4.78 is 5.63. The molecule has 0 fully saturated rings. The van der Waals surface area contributed by atoms with E-state index >= 15 is 0 Å². The number of nitrogens with zero attached hydrogens (tertiary/aromatic N) is 1. The zero-order valence-electron chi connectivity index (χ0n) is 15.8. The summed E-state index contributed by atoms with van der Waals surface area (Å²) in [5, 5.41) is 9.65. The van der Waals surface area contributed by atoms with E-state index in [0.29, 0.717) is 42.9 Å². The Labute approximate surface area is 163 Å². The Bertz CT molecular complexity index is 892. The van der Waals surface area contributed by atoms with E-state index in [4.69, 9.17) is 4.74 Å². The maximum absolute atomic E-state index is 12.6. The van der Waals surface area contributed by atoms with Crippen LogP contribution in [0.2, 0.25) is 0 Å². The molecule has 0 aromatic heterocycles. The highest BCUT2D eigenvalue weighted by atomic mass is 16.5. The third-order valence-corrected chi connectivity index (χ3v) is 4.88. The van der Waals surface area contributed by atoms with Crippen molar-refractivity contribution < 1.29 is 24.2 Å². The molecule has 1 amide bonds. The molecule has 6 heteroatoms. The van der Waals surface area contributed by atoms with Gasteiger partial charge in [0.1, 0.15) is 5.75 Å². The molecule has 0 aliphatic carbocycles. The van der Waals surface area contributed by atoms with E-state index in [1.807, 2.05) is 12.1 Å². The van der Waals surface area contributed by atoms with Gasteiger partial charge in [-0.3, -0.25) is 9.59 Å². The number of Topliss-reactive ketones (excluding diaryl/α,β-unsaturated/α-hetero) is 1. The molecule has 1 heterocycles. The van der Waals surface area contributed by atoms with Gasteiger partial charge < -0.3 is 14.7 Å². The largest absolute Gasteiger partial charge is 0.494 e. The van der Waals surface area contributed by atoms with Gasteiger partial charge in [0.25, 0.3) is 0 Å². The van der Waals surface area contributed by atoms with Crippen molar-refractivity contribution >= 4 is 17.7 Å². The van der Waals surface area contributed by atoms with Gasteiger partial charge in [0.2, 0.25) is 5.91 Å². The first-order valence-corrected chi connectivity index (χ1v) is 9.31. The minimum Gasteiger partial charge on any atom is -0.494 e. The standard InChI is InChI=1S/C22H23NO5/c1-15(24)17-7-4-8-18(14-17)28-13-5-10-20(25)23-12-11-16-6-2-3-9-19(16)21(23)22(26)27/h2-4,6-9,14,21H,5,10-13H2,1H3,(H,26,27). The van der Waals surface area contributed by atoms with Gasteiger partial charge in [0, 0.05) is 18.5 Å². The van der Waals surface area contributed by atoms with Crippen LogP contribution in [-0.4, -0.2) is 40.8 Å². The first-order chi connectivity index (χ1) is 13.5.